The fourth-order valence-corrected chi connectivity index (χ4v) is 2.78. The monoisotopic (exact) mass is 451 g/mol. The maximum Gasteiger partial charge on any atom is 0.349 e. The Morgan fingerprint density at radius 2 is 1.15 bits per heavy atom. The molecule has 0 saturated heterocycles. The van der Waals surface area contributed by atoms with Crippen molar-refractivity contribution in [2.24, 2.45) is 0 Å². The molecule has 168 valence electrons. The summed E-state index contributed by atoms with van der Waals surface area (Å²) >= 11 is 0. The van der Waals surface area contributed by atoms with Crippen LogP contribution in [-0.4, -0.2) is 41.1 Å². The van der Waals surface area contributed by atoms with Crippen molar-refractivity contribution in [2.45, 2.75) is 12.2 Å². The molecule has 0 saturated carbocycles. The summed E-state index contributed by atoms with van der Waals surface area (Å²) in [5.41, 5.74) is -0.229. The standard InChI is InChI=1S/C24H18FNO7/c25-17-13-7-8-14-18(17)26-21(27)19(32-23(30)15-9-3-1-4-10-15)20(22(28)29)33-24(31)16-11-5-2-6-12-16/h1-14,19-20H,(H,26,27)(H,28,29)/t19-,20-/m0/s1. The van der Waals surface area contributed by atoms with Gasteiger partial charge < -0.3 is 19.9 Å². The number of hydrogen-bond acceptors (Lipinski definition) is 6. The van der Waals surface area contributed by atoms with Crippen molar-refractivity contribution < 1.29 is 38.1 Å². The fourth-order valence-electron chi connectivity index (χ4n) is 2.78. The van der Waals surface area contributed by atoms with Crippen molar-refractivity contribution in [3.8, 4) is 0 Å². The molecule has 0 aliphatic carbocycles. The first kappa shape index (κ1) is 23.1. The number of benzene rings is 3. The molecule has 0 aromatic heterocycles. The zero-order chi connectivity index (χ0) is 23.8. The number of halogens is 1. The van der Waals surface area contributed by atoms with Crippen LogP contribution in [0.4, 0.5) is 10.1 Å². The molecule has 3 aromatic rings. The number of nitrogens with one attached hydrogen (secondary N) is 1. The minimum Gasteiger partial charge on any atom is -0.478 e. The van der Waals surface area contributed by atoms with Crippen molar-refractivity contribution in [1.82, 2.24) is 0 Å². The number of rotatable bonds is 8. The molecular weight excluding hydrogens is 433 g/mol. The second-order valence-electron chi connectivity index (χ2n) is 6.69. The Morgan fingerprint density at radius 3 is 1.64 bits per heavy atom. The first-order valence-corrected chi connectivity index (χ1v) is 9.67. The molecule has 1 amide bonds. The summed E-state index contributed by atoms with van der Waals surface area (Å²) in [6.45, 7) is 0. The maximum absolute atomic E-state index is 14.0. The Hall–Kier alpha value is -4.53. The van der Waals surface area contributed by atoms with Gasteiger partial charge in [0, 0.05) is 0 Å². The van der Waals surface area contributed by atoms with E-state index in [0.717, 1.165) is 6.07 Å². The molecule has 0 heterocycles. The molecule has 0 bridgehead atoms. The number of esters is 2. The number of carbonyl (C=O) groups is 4. The van der Waals surface area contributed by atoms with E-state index in [1.807, 2.05) is 0 Å². The lowest BCUT2D eigenvalue weighted by molar-refractivity contribution is -0.157. The Balaban J connectivity index is 1.91. The maximum atomic E-state index is 14.0. The summed E-state index contributed by atoms with van der Waals surface area (Å²) in [5.74, 6) is -5.83. The van der Waals surface area contributed by atoms with Gasteiger partial charge in [0.2, 0.25) is 12.2 Å². The molecule has 3 rings (SSSR count). The molecule has 0 fully saturated rings. The summed E-state index contributed by atoms with van der Waals surface area (Å²) in [7, 11) is 0. The third-order valence-electron chi connectivity index (χ3n) is 4.40. The minimum absolute atomic E-state index is 0.0198. The Labute approximate surface area is 187 Å². The Morgan fingerprint density at radius 1 is 0.697 bits per heavy atom. The molecule has 2 N–H and O–H groups in total. The van der Waals surface area contributed by atoms with E-state index in [-0.39, 0.29) is 16.8 Å². The van der Waals surface area contributed by atoms with Crippen molar-refractivity contribution in [3.05, 3.63) is 102 Å². The van der Waals surface area contributed by atoms with E-state index < -0.39 is 41.8 Å². The second-order valence-corrected chi connectivity index (χ2v) is 6.69. The smallest absolute Gasteiger partial charge is 0.349 e. The van der Waals surface area contributed by atoms with Crippen molar-refractivity contribution in [1.29, 1.82) is 0 Å². The zero-order valence-corrected chi connectivity index (χ0v) is 17.0. The van der Waals surface area contributed by atoms with Gasteiger partial charge in [0.15, 0.2) is 0 Å². The highest BCUT2D eigenvalue weighted by Gasteiger charge is 2.41. The number of carboxylic acids is 1. The SMILES string of the molecule is O=C(O[C@H](C(=O)O)[C@H](OC(=O)c1ccccc1)C(=O)Nc1ccccc1F)c1ccccc1. The van der Waals surface area contributed by atoms with Crippen LogP contribution in [0.1, 0.15) is 20.7 Å². The number of amides is 1. The number of ether oxygens (including phenoxy) is 2. The topological polar surface area (TPSA) is 119 Å². The van der Waals surface area contributed by atoms with Gasteiger partial charge in [-0.1, -0.05) is 48.5 Å². The predicted octanol–water partition coefficient (Wildman–Crippen LogP) is 3.30. The summed E-state index contributed by atoms with van der Waals surface area (Å²) in [4.78, 5) is 49.8. The van der Waals surface area contributed by atoms with E-state index in [2.05, 4.69) is 5.32 Å². The number of aliphatic carboxylic acids is 1. The van der Waals surface area contributed by atoms with E-state index >= 15 is 0 Å². The summed E-state index contributed by atoms with van der Waals surface area (Å²) in [6.07, 6.45) is -4.33. The molecular formula is C24H18FNO7. The first-order chi connectivity index (χ1) is 15.9. The van der Waals surface area contributed by atoms with Crippen LogP contribution < -0.4 is 5.32 Å². The number of carbonyl (C=O) groups excluding carboxylic acids is 3. The van der Waals surface area contributed by atoms with Gasteiger partial charge in [-0.25, -0.2) is 18.8 Å². The van der Waals surface area contributed by atoms with Gasteiger partial charge in [0.05, 0.1) is 16.8 Å². The third kappa shape index (κ3) is 6.01. The largest absolute Gasteiger partial charge is 0.478 e. The zero-order valence-electron chi connectivity index (χ0n) is 17.0. The van der Waals surface area contributed by atoms with Crippen LogP contribution in [0, 0.1) is 5.82 Å². The lowest BCUT2D eigenvalue weighted by atomic mass is 10.1. The number of para-hydroxylation sites is 1. The van der Waals surface area contributed by atoms with Crippen LogP contribution in [0.15, 0.2) is 84.9 Å². The van der Waals surface area contributed by atoms with Crippen LogP contribution in [0.3, 0.4) is 0 Å². The summed E-state index contributed by atoms with van der Waals surface area (Å²) in [5, 5.41) is 11.8. The molecule has 0 aliphatic rings. The Bertz CT molecular complexity index is 1150. The summed E-state index contributed by atoms with van der Waals surface area (Å²) in [6, 6.07) is 20.1. The quantitative estimate of drug-likeness (QED) is 0.505. The highest BCUT2D eigenvalue weighted by Crippen LogP contribution is 2.17. The highest BCUT2D eigenvalue weighted by molar-refractivity contribution is 6.01. The molecule has 0 radical (unpaired) electrons. The van der Waals surface area contributed by atoms with Gasteiger partial charge in [0.25, 0.3) is 5.91 Å². The van der Waals surface area contributed by atoms with Gasteiger partial charge in [-0.2, -0.15) is 0 Å². The van der Waals surface area contributed by atoms with Gasteiger partial charge in [-0.15, -0.1) is 0 Å². The molecule has 2 atom stereocenters. The van der Waals surface area contributed by atoms with E-state index in [9.17, 15) is 28.7 Å². The third-order valence-corrected chi connectivity index (χ3v) is 4.40. The van der Waals surface area contributed by atoms with Crippen LogP contribution >= 0.6 is 0 Å². The number of hydrogen-bond donors (Lipinski definition) is 2. The van der Waals surface area contributed by atoms with E-state index in [4.69, 9.17) is 9.47 Å². The fraction of sp³-hybridized carbons (Fsp3) is 0.0833. The second kappa shape index (κ2) is 10.7. The average molecular weight is 451 g/mol. The van der Waals surface area contributed by atoms with Gasteiger partial charge in [-0.3, -0.25) is 4.79 Å². The average Bonchev–Trinajstić information content (AvgIpc) is 2.83. The van der Waals surface area contributed by atoms with Gasteiger partial charge >= 0.3 is 17.9 Å². The van der Waals surface area contributed by atoms with E-state index in [1.165, 1.54) is 66.7 Å². The molecule has 8 nitrogen and oxygen atoms in total. The van der Waals surface area contributed by atoms with Crippen molar-refractivity contribution in [3.63, 3.8) is 0 Å². The molecule has 3 aromatic carbocycles. The first-order valence-electron chi connectivity index (χ1n) is 9.67. The van der Waals surface area contributed by atoms with Crippen LogP contribution in [0.2, 0.25) is 0 Å². The Kier molecular flexibility index (Phi) is 7.48. The molecule has 9 heteroatoms. The van der Waals surface area contributed by atoms with Crippen LogP contribution in [0.25, 0.3) is 0 Å². The van der Waals surface area contributed by atoms with Crippen LogP contribution in [0.5, 0.6) is 0 Å². The molecule has 0 spiro atoms. The number of carboxylic acid groups (broad SMARTS) is 1. The predicted molar refractivity (Wildman–Crippen MR) is 114 cm³/mol. The van der Waals surface area contributed by atoms with Gasteiger partial charge in [-0.05, 0) is 36.4 Å². The molecule has 0 aliphatic heterocycles. The van der Waals surface area contributed by atoms with Gasteiger partial charge in [0.1, 0.15) is 5.82 Å². The summed E-state index contributed by atoms with van der Waals surface area (Å²) < 4.78 is 24.2. The van der Waals surface area contributed by atoms with Crippen molar-refractivity contribution in [2.75, 3.05) is 5.32 Å². The van der Waals surface area contributed by atoms with E-state index in [1.54, 1.807) is 12.1 Å². The molecule has 33 heavy (non-hydrogen) atoms. The lowest BCUT2D eigenvalue weighted by Gasteiger charge is -2.23. The normalized spacial score (nSPS) is 12.2. The van der Waals surface area contributed by atoms with Crippen LogP contribution in [-0.2, 0) is 19.1 Å². The lowest BCUT2D eigenvalue weighted by Crippen LogP contribution is -2.48. The van der Waals surface area contributed by atoms with Crippen molar-refractivity contribution >= 4 is 29.5 Å². The highest BCUT2D eigenvalue weighted by atomic mass is 19.1. The minimum atomic E-state index is -2.21. The van der Waals surface area contributed by atoms with E-state index in [0.29, 0.717) is 0 Å². The molecule has 0 unspecified atom stereocenters. The number of anilines is 1.